The quantitative estimate of drug-likeness (QED) is 0.369. The first-order valence-corrected chi connectivity index (χ1v) is 4.22. The van der Waals surface area contributed by atoms with Gasteiger partial charge in [-0.1, -0.05) is 6.32 Å². The molecule has 0 unspecified atom stereocenters. The van der Waals surface area contributed by atoms with Crippen LogP contribution in [0.1, 0.15) is 0 Å². The molecule has 0 aromatic rings. The van der Waals surface area contributed by atoms with E-state index in [-0.39, 0.29) is 0 Å². The molecular formula is C3H9BO3S. The summed E-state index contributed by atoms with van der Waals surface area (Å²) in [4.78, 5) is 0. The minimum Gasteiger partial charge on any atom is -0.271 e. The Morgan fingerprint density at radius 1 is 1.62 bits per heavy atom. The van der Waals surface area contributed by atoms with Crippen molar-refractivity contribution in [1.82, 2.24) is 0 Å². The molecule has 0 spiro atoms. The zero-order chi connectivity index (χ0) is 6.62. The second kappa shape index (κ2) is 3.09. The first-order valence-electron chi connectivity index (χ1n) is 2.40. The predicted molar refractivity (Wildman–Crippen MR) is 34.1 cm³/mol. The van der Waals surface area contributed by atoms with E-state index in [9.17, 15) is 8.42 Å². The fourth-order valence-corrected chi connectivity index (χ4v) is 0.704. The van der Waals surface area contributed by atoms with E-state index in [0.29, 0.717) is 6.61 Å². The molecule has 0 amide bonds. The predicted octanol–water partition coefficient (Wildman–Crippen LogP) is -0.986. The third-order valence-electron chi connectivity index (χ3n) is 0.502. The summed E-state index contributed by atoms with van der Waals surface area (Å²) in [5.41, 5.74) is 0. The number of hydrogen-bond donors (Lipinski definition) is 0. The van der Waals surface area contributed by atoms with Crippen molar-refractivity contribution in [3.63, 3.8) is 0 Å². The first kappa shape index (κ1) is 7.97. The standard InChI is InChI=1S/C3H9BO3S/c1-8(5,6)7-3-2-4/h2-4H2,1H3. The van der Waals surface area contributed by atoms with Gasteiger partial charge in [-0.25, -0.2) is 0 Å². The monoisotopic (exact) mass is 136 g/mol. The molecule has 0 aliphatic heterocycles. The van der Waals surface area contributed by atoms with Crippen LogP contribution in [0.3, 0.4) is 0 Å². The summed E-state index contributed by atoms with van der Waals surface area (Å²) < 4.78 is 24.7. The molecule has 0 fully saturated rings. The maximum absolute atomic E-state index is 10.2. The summed E-state index contributed by atoms with van der Waals surface area (Å²) in [6.45, 7) is 0.291. The van der Waals surface area contributed by atoms with E-state index >= 15 is 0 Å². The van der Waals surface area contributed by atoms with Gasteiger partial charge in [0.2, 0.25) is 0 Å². The maximum Gasteiger partial charge on any atom is 0.264 e. The Bertz CT molecular complexity index is 139. The number of rotatable bonds is 3. The van der Waals surface area contributed by atoms with Gasteiger partial charge in [-0.2, -0.15) is 8.42 Å². The lowest BCUT2D eigenvalue weighted by Crippen LogP contribution is -2.02. The van der Waals surface area contributed by atoms with E-state index in [0.717, 1.165) is 12.6 Å². The van der Waals surface area contributed by atoms with Crippen LogP contribution in [0.5, 0.6) is 0 Å². The highest BCUT2D eigenvalue weighted by Crippen LogP contribution is 1.86. The first-order chi connectivity index (χ1) is 3.56. The summed E-state index contributed by atoms with van der Waals surface area (Å²) in [6, 6.07) is 0. The van der Waals surface area contributed by atoms with E-state index in [1.165, 1.54) is 0 Å². The molecule has 0 radical (unpaired) electrons. The molecule has 0 N–H and O–H groups in total. The summed E-state index contributed by atoms with van der Waals surface area (Å²) in [5.74, 6) is 0. The van der Waals surface area contributed by atoms with Crippen molar-refractivity contribution in [1.29, 1.82) is 0 Å². The highest BCUT2D eigenvalue weighted by atomic mass is 32.2. The van der Waals surface area contributed by atoms with Crippen molar-refractivity contribution in [3.8, 4) is 0 Å². The van der Waals surface area contributed by atoms with Crippen LogP contribution in [0.25, 0.3) is 0 Å². The van der Waals surface area contributed by atoms with Gasteiger partial charge in [0.25, 0.3) is 10.1 Å². The van der Waals surface area contributed by atoms with E-state index in [4.69, 9.17) is 0 Å². The highest BCUT2D eigenvalue weighted by Gasteiger charge is 1.96. The Balaban J connectivity index is 3.42. The zero-order valence-electron chi connectivity index (χ0n) is 5.05. The van der Waals surface area contributed by atoms with Gasteiger partial charge in [0, 0.05) is 0 Å². The molecule has 3 nitrogen and oxygen atoms in total. The topological polar surface area (TPSA) is 43.4 Å². The van der Waals surface area contributed by atoms with Crippen molar-refractivity contribution in [2.45, 2.75) is 6.32 Å². The van der Waals surface area contributed by atoms with Crippen LogP contribution in [-0.4, -0.2) is 29.1 Å². The van der Waals surface area contributed by atoms with E-state index < -0.39 is 10.1 Å². The molecule has 0 saturated carbocycles. The van der Waals surface area contributed by atoms with Crippen molar-refractivity contribution in [3.05, 3.63) is 0 Å². The largest absolute Gasteiger partial charge is 0.271 e. The average molecular weight is 136 g/mol. The summed E-state index contributed by atoms with van der Waals surface area (Å²) in [7, 11) is -1.33. The van der Waals surface area contributed by atoms with E-state index in [2.05, 4.69) is 4.18 Å². The molecular weight excluding hydrogens is 127 g/mol. The lowest BCUT2D eigenvalue weighted by atomic mass is 10.1. The van der Waals surface area contributed by atoms with Gasteiger partial charge < -0.3 is 0 Å². The van der Waals surface area contributed by atoms with Crippen molar-refractivity contribution in [2.75, 3.05) is 12.9 Å². The third kappa shape index (κ3) is 5.97. The van der Waals surface area contributed by atoms with Crippen LogP contribution in [0.2, 0.25) is 6.32 Å². The summed E-state index contributed by atoms with van der Waals surface area (Å²) in [5, 5.41) is 0. The lowest BCUT2D eigenvalue weighted by molar-refractivity contribution is 0.342. The van der Waals surface area contributed by atoms with Crippen molar-refractivity contribution in [2.24, 2.45) is 0 Å². The zero-order valence-corrected chi connectivity index (χ0v) is 5.86. The second-order valence-corrected chi connectivity index (χ2v) is 3.17. The Morgan fingerprint density at radius 3 is 2.25 bits per heavy atom. The summed E-state index contributed by atoms with van der Waals surface area (Å²) in [6.07, 6.45) is 1.77. The van der Waals surface area contributed by atoms with Crippen LogP contribution >= 0.6 is 0 Å². The maximum atomic E-state index is 10.2. The van der Waals surface area contributed by atoms with Crippen molar-refractivity contribution >= 4 is 18.0 Å². The Labute approximate surface area is 50.6 Å². The van der Waals surface area contributed by atoms with Crippen LogP contribution in [0.15, 0.2) is 0 Å². The minimum absolute atomic E-state index is 0.291. The molecule has 0 aliphatic rings. The van der Waals surface area contributed by atoms with Crippen molar-refractivity contribution < 1.29 is 12.6 Å². The third-order valence-corrected chi connectivity index (χ3v) is 1.10. The lowest BCUT2D eigenvalue weighted by Gasteiger charge is -1.94. The average Bonchev–Trinajstić information content (AvgIpc) is 1.59. The Hall–Kier alpha value is -0.0251. The molecule has 0 heterocycles. The van der Waals surface area contributed by atoms with Crippen LogP contribution in [0, 0.1) is 0 Å². The smallest absolute Gasteiger partial charge is 0.264 e. The molecule has 0 aromatic heterocycles. The summed E-state index contributed by atoms with van der Waals surface area (Å²) >= 11 is 0. The van der Waals surface area contributed by atoms with Gasteiger partial charge in [-0.05, 0) is 0 Å². The Morgan fingerprint density at radius 2 is 2.12 bits per heavy atom. The normalized spacial score (nSPS) is 11.6. The van der Waals surface area contributed by atoms with Gasteiger partial charge in [0.15, 0.2) is 0 Å². The minimum atomic E-state index is -3.19. The second-order valence-electron chi connectivity index (χ2n) is 1.53. The fraction of sp³-hybridized carbons (Fsp3) is 1.00. The van der Waals surface area contributed by atoms with Gasteiger partial charge in [0.1, 0.15) is 7.85 Å². The molecule has 8 heavy (non-hydrogen) atoms. The van der Waals surface area contributed by atoms with E-state index in [1.807, 2.05) is 7.85 Å². The SMILES string of the molecule is BCCOS(C)(=O)=O. The van der Waals surface area contributed by atoms with E-state index in [1.54, 1.807) is 0 Å². The van der Waals surface area contributed by atoms with Gasteiger partial charge in [-0.3, -0.25) is 4.18 Å². The fourth-order valence-electron chi connectivity index (χ4n) is 0.235. The molecule has 0 bridgehead atoms. The highest BCUT2D eigenvalue weighted by molar-refractivity contribution is 7.85. The molecule has 48 valence electrons. The molecule has 0 rings (SSSR count). The van der Waals surface area contributed by atoms with Gasteiger partial charge >= 0.3 is 0 Å². The van der Waals surface area contributed by atoms with Gasteiger partial charge in [-0.15, -0.1) is 0 Å². The molecule has 0 aromatic carbocycles. The number of hydrogen-bond acceptors (Lipinski definition) is 3. The van der Waals surface area contributed by atoms with Gasteiger partial charge in [0.05, 0.1) is 12.9 Å². The Kier molecular flexibility index (Phi) is 3.08. The van der Waals surface area contributed by atoms with Crippen LogP contribution in [-0.2, 0) is 14.3 Å². The molecule has 5 heteroatoms. The molecule has 0 atom stereocenters. The molecule has 0 aliphatic carbocycles. The van der Waals surface area contributed by atoms with Crippen LogP contribution < -0.4 is 0 Å². The van der Waals surface area contributed by atoms with Crippen LogP contribution in [0.4, 0.5) is 0 Å². The molecule has 0 saturated heterocycles.